The number of hydrogen-bond donors (Lipinski definition) is 2. The van der Waals surface area contributed by atoms with E-state index in [0.717, 1.165) is 10.7 Å². The maximum absolute atomic E-state index is 11.9. The van der Waals surface area contributed by atoms with Gasteiger partial charge in [-0.25, -0.2) is 9.78 Å². The predicted molar refractivity (Wildman–Crippen MR) is 82.0 cm³/mol. The zero-order valence-corrected chi connectivity index (χ0v) is 14.0. The van der Waals surface area contributed by atoms with Gasteiger partial charge in [0.05, 0.1) is 29.4 Å². The van der Waals surface area contributed by atoms with Crippen LogP contribution in [0.2, 0.25) is 0 Å². The molecule has 0 spiro atoms. The minimum absolute atomic E-state index is 0.0324. The zero-order valence-electron chi connectivity index (χ0n) is 13.1. The number of hydrogen-bond acceptors (Lipinski definition) is 4. The number of carbonyl (C=O) groups excluding carboxylic acids is 1. The van der Waals surface area contributed by atoms with E-state index >= 15 is 0 Å². The van der Waals surface area contributed by atoms with Crippen molar-refractivity contribution < 1.29 is 9.90 Å². The summed E-state index contributed by atoms with van der Waals surface area (Å²) in [7, 11) is 1.66. The average Bonchev–Trinajstić information content (AvgIpc) is 2.71. The molecule has 5 nitrogen and oxygen atoms in total. The smallest absolute Gasteiger partial charge is 0.317 e. The second kappa shape index (κ2) is 6.10. The lowest BCUT2D eigenvalue weighted by Gasteiger charge is -2.25. The molecule has 0 radical (unpaired) electrons. The monoisotopic (exact) mass is 299 g/mol. The van der Waals surface area contributed by atoms with Crippen molar-refractivity contribution in [1.29, 1.82) is 0 Å². The van der Waals surface area contributed by atoms with Crippen molar-refractivity contribution in [2.45, 2.75) is 52.2 Å². The van der Waals surface area contributed by atoms with Crippen molar-refractivity contribution in [2.75, 3.05) is 13.6 Å². The molecular weight excluding hydrogens is 274 g/mol. The molecule has 114 valence electrons. The summed E-state index contributed by atoms with van der Waals surface area (Å²) in [5, 5.41) is 15.5. The molecular formula is C14H25N3O2S. The number of thiazole rings is 1. The van der Waals surface area contributed by atoms with Crippen LogP contribution >= 0.6 is 11.3 Å². The van der Waals surface area contributed by atoms with Gasteiger partial charge in [0.2, 0.25) is 0 Å². The number of carbonyl (C=O) groups is 1. The fourth-order valence-electron chi connectivity index (χ4n) is 1.69. The Morgan fingerprint density at radius 3 is 2.45 bits per heavy atom. The Bertz CT molecular complexity index is 458. The molecule has 1 aromatic rings. The van der Waals surface area contributed by atoms with Gasteiger partial charge in [-0.15, -0.1) is 11.3 Å². The summed E-state index contributed by atoms with van der Waals surface area (Å²) < 4.78 is 0. The molecule has 1 rings (SSSR count). The molecule has 0 aromatic carbocycles. The van der Waals surface area contributed by atoms with Crippen LogP contribution in [-0.4, -0.2) is 40.2 Å². The SMILES string of the molecule is CN(CC(C)(C)O)C(=O)NCc1csc(C(C)(C)C)n1. The van der Waals surface area contributed by atoms with Crippen molar-refractivity contribution in [2.24, 2.45) is 0 Å². The lowest BCUT2D eigenvalue weighted by Crippen LogP contribution is -2.44. The Hall–Kier alpha value is -1.14. The van der Waals surface area contributed by atoms with Gasteiger partial charge in [0.25, 0.3) is 0 Å². The Kier molecular flexibility index (Phi) is 5.15. The third-order valence-electron chi connectivity index (χ3n) is 2.58. The van der Waals surface area contributed by atoms with Crippen molar-refractivity contribution >= 4 is 17.4 Å². The van der Waals surface area contributed by atoms with Gasteiger partial charge < -0.3 is 15.3 Å². The first-order valence-electron chi connectivity index (χ1n) is 6.65. The van der Waals surface area contributed by atoms with E-state index in [0.29, 0.717) is 6.54 Å². The lowest BCUT2D eigenvalue weighted by atomic mass is 9.98. The zero-order chi connectivity index (χ0) is 15.6. The second-order valence-corrected chi connectivity index (χ2v) is 7.58. The van der Waals surface area contributed by atoms with Crippen molar-refractivity contribution in [3.8, 4) is 0 Å². The van der Waals surface area contributed by atoms with Crippen LogP contribution in [0.1, 0.15) is 45.3 Å². The predicted octanol–water partition coefficient (Wildman–Crippen LogP) is 2.35. The minimum Gasteiger partial charge on any atom is -0.389 e. The van der Waals surface area contributed by atoms with Gasteiger partial charge in [-0.2, -0.15) is 0 Å². The highest BCUT2D eigenvalue weighted by Crippen LogP contribution is 2.25. The van der Waals surface area contributed by atoms with Crippen LogP contribution in [-0.2, 0) is 12.0 Å². The van der Waals surface area contributed by atoms with E-state index in [1.807, 2.05) is 5.38 Å². The van der Waals surface area contributed by atoms with Gasteiger partial charge in [0.15, 0.2) is 0 Å². The topological polar surface area (TPSA) is 65.5 Å². The van der Waals surface area contributed by atoms with Gasteiger partial charge in [-0.05, 0) is 13.8 Å². The largest absolute Gasteiger partial charge is 0.389 e. The number of amides is 2. The summed E-state index contributed by atoms with van der Waals surface area (Å²) in [5.74, 6) is 0. The summed E-state index contributed by atoms with van der Waals surface area (Å²) >= 11 is 1.61. The number of likely N-dealkylation sites (N-methyl/N-ethyl adjacent to an activating group) is 1. The highest BCUT2D eigenvalue weighted by Gasteiger charge is 2.20. The van der Waals surface area contributed by atoms with Crippen molar-refractivity contribution in [3.05, 3.63) is 16.1 Å². The number of aromatic nitrogens is 1. The minimum atomic E-state index is -0.897. The van der Waals surface area contributed by atoms with Crippen molar-refractivity contribution in [1.82, 2.24) is 15.2 Å². The molecule has 0 saturated heterocycles. The van der Waals surface area contributed by atoms with Crippen LogP contribution in [0.3, 0.4) is 0 Å². The third-order valence-corrected chi connectivity index (χ3v) is 3.90. The summed E-state index contributed by atoms with van der Waals surface area (Å²) in [6, 6.07) is -0.211. The number of rotatable bonds is 4. The molecule has 0 aliphatic heterocycles. The molecule has 0 atom stereocenters. The fraction of sp³-hybridized carbons (Fsp3) is 0.714. The first-order chi connectivity index (χ1) is 8.99. The van der Waals surface area contributed by atoms with E-state index < -0.39 is 5.60 Å². The highest BCUT2D eigenvalue weighted by atomic mass is 32.1. The standard InChI is InChI=1S/C14H25N3O2S/c1-13(2,3)11-16-10(8-20-11)7-15-12(18)17(6)9-14(4,5)19/h8,19H,7,9H2,1-6H3,(H,15,18). The van der Waals surface area contributed by atoms with Crippen molar-refractivity contribution in [3.63, 3.8) is 0 Å². The fourth-order valence-corrected chi connectivity index (χ4v) is 2.59. The van der Waals surface area contributed by atoms with Gasteiger partial charge in [-0.1, -0.05) is 20.8 Å². The maximum atomic E-state index is 11.9. The maximum Gasteiger partial charge on any atom is 0.317 e. The van der Waals surface area contributed by atoms with Crippen LogP contribution in [0, 0.1) is 0 Å². The molecule has 0 aliphatic rings. The molecule has 1 aromatic heterocycles. The quantitative estimate of drug-likeness (QED) is 0.897. The summed E-state index contributed by atoms with van der Waals surface area (Å²) in [6.07, 6.45) is 0. The van der Waals surface area contributed by atoms with Gasteiger partial charge in [-0.3, -0.25) is 0 Å². The molecule has 6 heteroatoms. The summed E-state index contributed by atoms with van der Waals surface area (Å²) in [5.41, 5.74) is 0.00135. The molecule has 2 N–H and O–H groups in total. The van der Waals surface area contributed by atoms with Crippen LogP contribution in [0.15, 0.2) is 5.38 Å². The summed E-state index contributed by atoms with van der Waals surface area (Å²) in [4.78, 5) is 17.9. The van der Waals surface area contributed by atoms with Gasteiger partial charge >= 0.3 is 6.03 Å². The van der Waals surface area contributed by atoms with E-state index in [1.165, 1.54) is 4.90 Å². The third kappa shape index (κ3) is 5.46. The van der Waals surface area contributed by atoms with E-state index in [2.05, 4.69) is 31.1 Å². The number of aliphatic hydroxyl groups is 1. The number of nitrogens with zero attached hydrogens (tertiary/aromatic N) is 2. The molecule has 0 aliphatic carbocycles. The molecule has 0 saturated carbocycles. The van der Waals surface area contributed by atoms with Crippen LogP contribution < -0.4 is 5.32 Å². The Morgan fingerprint density at radius 1 is 1.40 bits per heavy atom. The number of urea groups is 1. The van der Waals surface area contributed by atoms with Gasteiger partial charge in [0, 0.05) is 17.8 Å². The van der Waals surface area contributed by atoms with Crippen LogP contribution in [0.5, 0.6) is 0 Å². The highest BCUT2D eigenvalue weighted by molar-refractivity contribution is 7.09. The van der Waals surface area contributed by atoms with Gasteiger partial charge in [0.1, 0.15) is 0 Å². The normalized spacial score (nSPS) is 12.3. The van der Waals surface area contributed by atoms with E-state index in [9.17, 15) is 9.90 Å². The van der Waals surface area contributed by atoms with Crippen LogP contribution in [0.4, 0.5) is 4.79 Å². The lowest BCUT2D eigenvalue weighted by molar-refractivity contribution is 0.0531. The average molecular weight is 299 g/mol. The van der Waals surface area contributed by atoms with Crippen LogP contribution in [0.25, 0.3) is 0 Å². The molecule has 20 heavy (non-hydrogen) atoms. The second-order valence-electron chi connectivity index (χ2n) is 6.72. The Labute approximate surface area is 125 Å². The first kappa shape index (κ1) is 16.9. The summed E-state index contributed by atoms with van der Waals surface area (Å²) in [6.45, 7) is 10.4. The molecule has 1 heterocycles. The Balaban J connectivity index is 2.51. The van der Waals surface area contributed by atoms with E-state index in [1.54, 1.807) is 32.2 Å². The van der Waals surface area contributed by atoms with E-state index in [-0.39, 0.29) is 18.0 Å². The van der Waals surface area contributed by atoms with E-state index in [4.69, 9.17) is 0 Å². The molecule has 2 amide bonds. The number of nitrogens with one attached hydrogen (secondary N) is 1. The molecule has 0 bridgehead atoms. The Morgan fingerprint density at radius 2 is 2.00 bits per heavy atom. The molecule has 0 unspecified atom stereocenters. The first-order valence-corrected chi connectivity index (χ1v) is 7.53. The molecule has 0 fully saturated rings.